The number of hydrogen-bond acceptors (Lipinski definition) is 2. The highest BCUT2D eigenvalue weighted by Crippen LogP contribution is 2.59. The molecule has 0 radical (unpaired) electrons. The molecule has 98 valence electrons. The lowest BCUT2D eigenvalue weighted by atomic mass is 9.77. The maximum Gasteiger partial charge on any atom is 0.0593 e. The average molecular weight is 237 g/mol. The van der Waals surface area contributed by atoms with Gasteiger partial charge in [0.1, 0.15) is 0 Å². The van der Waals surface area contributed by atoms with Gasteiger partial charge in [-0.25, -0.2) is 0 Å². The first kappa shape index (κ1) is 12.0. The van der Waals surface area contributed by atoms with Gasteiger partial charge in [0.2, 0.25) is 0 Å². The van der Waals surface area contributed by atoms with Crippen molar-refractivity contribution in [3.05, 3.63) is 0 Å². The summed E-state index contributed by atoms with van der Waals surface area (Å²) in [5.41, 5.74) is 1.63. The van der Waals surface area contributed by atoms with Gasteiger partial charge in [-0.1, -0.05) is 20.8 Å². The predicted octanol–water partition coefficient (Wildman–Crippen LogP) is 2.93. The Labute approximate surface area is 106 Å². The first-order chi connectivity index (χ1) is 7.95. The minimum Gasteiger partial charge on any atom is -0.379 e. The molecule has 0 N–H and O–H groups in total. The van der Waals surface area contributed by atoms with E-state index < -0.39 is 0 Å². The van der Waals surface area contributed by atoms with Gasteiger partial charge >= 0.3 is 0 Å². The zero-order valence-corrected chi connectivity index (χ0v) is 11.7. The van der Waals surface area contributed by atoms with Crippen molar-refractivity contribution in [3.8, 4) is 0 Å². The van der Waals surface area contributed by atoms with E-state index in [-0.39, 0.29) is 0 Å². The fourth-order valence-electron chi connectivity index (χ4n) is 3.42. The molecule has 3 rings (SSSR count). The summed E-state index contributed by atoms with van der Waals surface area (Å²) in [6.07, 6.45) is 5.65. The molecule has 0 aromatic carbocycles. The van der Waals surface area contributed by atoms with E-state index in [0.717, 1.165) is 19.8 Å². The average Bonchev–Trinajstić information content (AvgIpc) is 3.07. The van der Waals surface area contributed by atoms with E-state index in [1.165, 1.54) is 38.8 Å². The molecule has 0 aromatic heterocycles. The molecule has 0 bridgehead atoms. The van der Waals surface area contributed by atoms with Gasteiger partial charge in [-0.05, 0) is 36.5 Å². The summed E-state index contributed by atoms with van der Waals surface area (Å²) in [5.74, 6) is 0. The second kappa shape index (κ2) is 3.71. The Bertz CT molecular complexity index is 297. The molecule has 0 amide bonds. The molecule has 1 aliphatic heterocycles. The van der Waals surface area contributed by atoms with Crippen LogP contribution in [0.2, 0.25) is 0 Å². The Balaban J connectivity index is 1.64. The second-order valence-corrected chi connectivity index (χ2v) is 7.79. The van der Waals surface area contributed by atoms with Gasteiger partial charge in [0.25, 0.3) is 0 Å². The molecule has 2 saturated carbocycles. The Kier molecular flexibility index (Phi) is 2.61. The molecular formula is C15H27NO. The van der Waals surface area contributed by atoms with Gasteiger partial charge in [0, 0.05) is 25.0 Å². The van der Waals surface area contributed by atoms with Crippen LogP contribution < -0.4 is 0 Å². The molecule has 0 aromatic rings. The van der Waals surface area contributed by atoms with Crippen molar-refractivity contribution in [2.75, 3.05) is 32.8 Å². The molecule has 3 fully saturated rings. The molecule has 2 aliphatic carbocycles. The normalized spacial score (nSPS) is 31.2. The van der Waals surface area contributed by atoms with Crippen LogP contribution in [-0.4, -0.2) is 37.7 Å². The lowest BCUT2D eigenvalue weighted by Crippen LogP contribution is -2.40. The van der Waals surface area contributed by atoms with Crippen LogP contribution in [0.4, 0.5) is 0 Å². The summed E-state index contributed by atoms with van der Waals surface area (Å²) in [6, 6.07) is 0. The Hall–Kier alpha value is -0.0800. The van der Waals surface area contributed by atoms with Gasteiger partial charge in [-0.3, -0.25) is 4.90 Å². The van der Waals surface area contributed by atoms with E-state index in [0.29, 0.717) is 16.2 Å². The fourth-order valence-corrected chi connectivity index (χ4v) is 3.42. The van der Waals surface area contributed by atoms with Crippen LogP contribution >= 0.6 is 0 Å². The molecule has 1 heterocycles. The Morgan fingerprint density at radius 1 is 1.12 bits per heavy atom. The van der Waals surface area contributed by atoms with E-state index in [1.54, 1.807) is 0 Å². The molecule has 3 aliphatic rings. The molecule has 2 nitrogen and oxygen atoms in total. The highest BCUT2D eigenvalue weighted by Gasteiger charge is 2.54. The number of hydrogen-bond donors (Lipinski definition) is 0. The summed E-state index contributed by atoms with van der Waals surface area (Å²) < 4.78 is 5.78. The smallest absolute Gasteiger partial charge is 0.0593 e. The van der Waals surface area contributed by atoms with Crippen molar-refractivity contribution in [1.82, 2.24) is 4.90 Å². The molecule has 1 spiro atoms. The van der Waals surface area contributed by atoms with Gasteiger partial charge in [0.15, 0.2) is 0 Å². The van der Waals surface area contributed by atoms with E-state index in [9.17, 15) is 0 Å². The largest absolute Gasteiger partial charge is 0.379 e. The van der Waals surface area contributed by atoms with Crippen molar-refractivity contribution in [2.45, 2.75) is 46.5 Å². The molecule has 1 saturated heterocycles. The van der Waals surface area contributed by atoms with Crippen LogP contribution in [0.1, 0.15) is 46.5 Å². The van der Waals surface area contributed by atoms with Crippen LogP contribution in [0.25, 0.3) is 0 Å². The number of ether oxygens (including phenoxy) is 1. The van der Waals surface area contributed by atoms with Crippen molar-refractivity contribution in [3.63, 3.8) is 0 Å². The predicted molar refractivity (Wildman–Crippen MR) is 70.0 cm³/mol. The second-order valence-electron chi connectivity index (χ2n) is 7.79. The zero-order chi connectivity index (χ0) is 12.1. The summed E-state index contributed by atoms with van der Waals surface area (Å²) >= 11 is 0. The third kappa shape index (κ3) is 2.26. The summed E-state index contributed by atoms with van der Waals surface area (Å²) in [7, 11) is 0. The van der Waals surface area contributed by atoms with Gasteiger partial charge in [0.05, 0.1) is 13.2 Å². The minimum absolute atomic E-state index is 0.469. The topological polar surface area (TPSA) is 12.5 Å². The summed E-state index contributed by atoms with van der Waals surface area (Å²) in [6.45, 7) is 13.0. The summed E-state index contributed by atoms with van der Waals surface area (Å²) in [4.78, 5) is 2.71. The van der Waals surface area contributed by atoms with E-state index in [2.05, 4.69) is 25.7 Å². The molecule has 0 atom stereocenters. The minimum atomic E-state index is 0.469. The summed E-state index contributed by atoms with van der Waals surface area (Å²) in [5, 5.41) is 0. The maximum absolute atomic E-state index is 5.78. The van der Waals surface area contributed by atoms with Crippen molar-refractivity contribution in [1.29, 1.82) is 0 Å². The van der Waals surface area contributed by atoms with E-state index in [1.807, 2.05) is 0 Å². The van der Waals surface area contributed by atoms with E-state index in [4.69, 9.17) is 4.74 Å². The third-order valence-corrected chi connectivity index (χ3v) is 5.45. The highest BCUT2D eigenvalue weighted by molar-refractivity contribution is 5.05. The van der Waals surface area contributed by atoms with Gasteiger partial charge < -0.3 is 4.74 Å². The first-order valence-corrected chi connectivity index (χ1v) is 7.25. The van der Waals surface area contributed by atoms with Crippen LogP contribution in [0.15, 0.2) is 0 Å². The van der Waals surface area contributed by atoms with Crippen molar-refractivity contribution < 1.29 is 4.74 Å². The Morgan fingerprint density at radius 3 is 2.35 bits per heavy atom. The van der Waals surface area contributed by atoms with Crippen molar-refractivity contribution >= 4 is 0 Å². The van der Waals surface area contributed by atoms with Crippen LogP contribution in [-0.2, 0) is 4.74 Å². The fraction of sp³-hybridized carbons (Fsp3) is 1.00. The molecule has 2 heteroatoms. The first-order valence-electron chi connectivity index (χ1n) is 7.25. The molecular weight excluding hydrogens is 210 g/mol. The zero-order valence-electron chi connectivity index (χ0n) is 11.7. The van der Waals surface area contributed by atoms with E-state index >= 15 is 0 Å². The van der Waals surface area contributed by atoms with Crippen LogP contribution in [0.5, 0.6) is 0 Å². The Morgan fingerprint density at radius 2 is 1.82 bits per heavy atom. The maximum atomic E-state index is 5.78. The van der Waals surface area contributed by atoms with Crippen molar-refractivity contribution in [2.24, 2.45) is 16.2 Å². The standard InChI is InChI=1S/C15H27NO/c1-13(2,3)15(6-7-15)11-16-8-9-17-12-14(10-16)4-5-14/h4-12H2,1-3H3. The monoisotopic (exact) mass is 237 g/mol. The lowest BCUT2D eigenvalue weighted by molar-refractivity contribution is 0.110. The third-order valence-electron chi connectivity index (χ3n) is 5.45. The SMILES string of the molecule is CC(C)(C)C1(CN2CCOCC3(CC3)C2)CC1. The lowest BCUT2D eigenvalue weighted by Gasteiger charge is -2.36. The highest BCUT2D eigenvalue weighted by atomic mass is 16.5. The van der Waals surface area contributed by atoms with Gasteiger partial charge in [-0.2, -0.15) is 0 Å². The van der Waals surface area contributed by atoms with Crippen LogP contribution in [0, 0.1) is 16.2 Å². The number of nitrogens with zero attached hydrogens (tertiary/aromatic N) is 1. The number of rotatable bonds is 2. The van der Waals surface area contributed by atoms with Crippen LogP contribution in [0.3, 0.4) is 0 Å². The quantitative estimate of drug-likeness (QED) is 0.732. The molecule has 0 unspecified atom stereocenters. The van der Waals surface area contributed by atoms with Gasteiger partial charge in [-0.15, -0.1) is 0 Å². The molecule has 17 heavy (non-hydrogen) atoms.